The van der Waals surface area contributed by atoms with Crippen LogP contribution in [0.2, 0.25) is 0 Å². The molecule has 0 bridgehead atoms. The van der Waals surface area contributed by atoms with Gasteiger partial charge >= 0.3 is 0 Å². The lowest BCUT2D eigenvalue weighted by molar-refractivity contribution is -0.132. The van der Waals surface area contributed by atoms with Crippen LogP contribution in [0.15, 0.2) is 36.4 Å². The maximum absolute atomic E-state index is 12.6. The molecule has 2 amide bonds. The lowest BCUT2D eigenvalue weighted by atomic mass is 9.85. The minimum atomic E-state index is -0.186. The number of H-pyrrole nitrogens is 1. The molecule has 2 fully saturated rings. The Hall–Kier alpha value is -3.93. The summed E-state index contributed by atoms with van der Waals surface area (Å²) in [6.07, 6.45) is 0.895. The Balaban J connectivity index is 0.000000251. The van der Waals surface area contributed by atoms with Crippen molar-refractivity contribution in [2.45, 2.75) is 33.1 Å². The van der Waals surface area contributed by atoms with Crippen LogP contribution in [0.3, 0.4) is 0 Å². The zero-order valence-electron chi connectivity index (χ0n) is 21.2. The number of likely N-dealkylation sites (tertiary alicyclic amines) is 2. The van der Waals surface area contributed by atoms with E-state index in [4.69, 9.17) is 10.00 Å². The number of rotatable bonds is 4. The topological polar surface area (TPSA) is 115 Å². The second kappa shape index (κ2) is 10.4. The number of nitrogens with zero attached hydrogens (tertiary/aromatic N) is 5. The fourth-order valence-electron chi connectivity index (χ4n) is 4.81. The number of aromatic nitrogens is 3. The summed E-state index contributed by atoms with van der Waals surface area (Å²) in [7, 11) is 0. The van der Waals surface area contributed by atoms with E-state index in [-0.39, 0.29) is 17.9 Å². The number of amides is 2. The standard InChI is InChI=1S/C20H25N3O3.C7H7N3/c1-20(2,3)17-6-14(7-21)4-5-18(17)26-12-19(25)23-10-15-8-22(13-24)9-16(15)11-23;1-5-2-3-6-7(4-5)9-10-8-6/h4-6,13,15-16H,8-12H2,1-3H3;2-4H,1H3,(H,8,9,10). The molecule has 3 aromatic rings. The summed E-state index contributed by atoms with van der Waals surface area (Å²) in [5.74, 6) is 1.38. The fraction of sp³-hybridized carbons (Fsp3) is 0.444. The van der Waals surface area contributed by atoms with Crippen molar-refractivity contribution in [3.63, 3.8) is 0 Å². The highest BCUT2D eigenvalue weighted by molar-refractivity contribution is 5.78. The van der Waals surface area contributed by atoms with E-state index < -0.39 is 0 Å². The van der Waals surface area contributed by atoms with Crippen molar-refractivity contribution in [1.82, 2.24) is 25.2 Å². The maximum atomic E-state index is 12.6. The van der Waals surface area contributed by atoms with Gasteiger partial charge in [0.2, 0.25) is 6.41 Å². The molecule has 2 saturated heterocycles. The Kier molecular flexibility index (Phi) is 7.25. The molecule has 2 aromatic carbocycles. The lowest BCUT2D eigenvalue weighted by Gasteiger charge is -2.24. The van der Waals surface area contributed by atoms with E-state index in [1.54, 1.807) is 17.0 Å². The predicted octanol–water partition coefficient (Wildman–Crippen LogP) is 3.05. The van der Waals surface area contributed by atoms with Crippen LogP contribution in [0.5, 0.6) is 5.75 Å². The molecule has 0 spiro atoms. The van der Waals surface area contributed by atoms with E-state index in [2.05, 4.69) is 42.3 Å². The van der Waals surface area contributed by atoms with E-state index in [1.165, 1.54) is 5.56 Å². The highest BCUT2D eigenvalue weighted by Gasteiger charge is 2.41. The molecule has 36 heavy (non-hydrogen) atoms. The third-order valence-corrected chi connectivity index (χ3v) is 6.76. The molecule has 9 nitrogen and oxygen atoms in total. The summed E-state index contributed by atoms with van der Waals surface area (Å²) in [5.41, 5.74) is 4.38. The van der Waals surface area contributed by atoms with E-state index >= 15 is 0 Å². The highest BCUT2D eigenvalue weighted by atomic mass is 16.5. The summed E-state index contributed by atoms with van der Waals surface area (Å²) in [6.45, 7) is 11.0. The van der Waals surface area contributed by atoms with Crippen molar-refractivity contribution in [2.75, 3.05) is 32.8 Å². The van der Waals surface area contributed by atoms with Crippen LogP contribution in [-0.2, 0) is 15.0 Å². The van der Waals surface area contributed by atoms with Gasteiger partial charge < -0.3 is 14.5 Å². The second-order valence-corrected chi connectivity index (χ2v) is 10.6. The molecule has 0 saturated carbocycles. The molecule has 2 atom stereocenters. The van der Waals surface area contributed by atoms with Gasteiger partial charge in [-0.2, -0.15) is 20.7 Å². The molecule has 5 rings (SSSR count). The normalized spacial score (nSPS) is 18.9. The van der Waals surface area contributed by atoms with Gasteiger partial charge in [-0.1, -0.05) is 26.8 Å². The largest absolute Gasteiger partial charge is 0.483 e. The average molecular weight is 489 g/mol. The monoisotopic (exact) mass is 488 g/mol. The first-order chi connectivity index (χ1) is 17.2. The van der Waals surface area contributed by atoms with E-state index in [1.807, 2.05) is 36.1 Å². The number of hydrogen-bond donors (Lipinski definition) is 1. The van der Waals surface area contributed by atoms with E-state index in [9.17, 15) is 9.59 Å². The van der Waals surface area contributed by atoms with Crippen molar-refractivity contribution in [2.24, 2.45) is 11.8 Å². The Morgan fingerprint density at radius 1 is 1.11 bits per heavy atom. The van der Waals surface area contributed by atoms with E-state index in [0.717, 1.165) is 36.1 Å². The zero-order valence-corrected chi connectivity index (χ0v) is 21.2. The van der Waals surface area contributed by atoms with Gasteiger partial charge in [-0.05, 0) is 48.2 Å². The summed E-state index contributed by atoms with van der Waals surface area (Å²) in [4.78, 5) is 27.1. The number of carbonyl (C=O) groups is 2. The van der Waals surface area contributed by atoms with Gasteiger partial charge in [-0.25, -0.2) is 0 Å². The third-order valence-electron chi connectivity index (χ3n) is 6.76. The number of aromatic amines is 1. The molecule has 2 unspecified atom stereocenters. The molecule has 0 radical (unpaired) electrons. The van der Waals surface area contributed by atoms with Gasteiger partial charge in [-0.3, -0.25) is 9.59 Å². The van der Waals surface area contributed by atoms with Gasteiger partial charge in [0.25, 0.3) is 5.91 Å². The Morgan fingerprint density at radius 3 is 2.44 bits per heavy atom. The first-order valence-corrected chi connectivity index (χ1v) is 12.1. The SMILES string of the molecule is CC(C)(C)c1cc(C#N)ccc1OCC(=O)N1CC2CN(C=O)CC2C1.Cc1ccc2n[nH]nc2c1. The molecule has 9 heteroatoms. The number of ether oxygens (including phenoxy) is 1. The van der Waals surface area contributed by atoms with Crippen LogP contribution < -0.4 is 4.74 Å². The number of nitrogens with one attached hydrogen (secondary N) is 1. The molecular weight excluding hydrogens is 456 g/mol. The summed E-state index contributed by atoms with van der Waals surface area (Å²) in [5, 5.41) is 19.6. The van der Waals surface area contributed by atoms with Crippen molar-refractivity contribution < 1.29 is 14.3 Å². The second-order valence-electron chi connectivity index (χ2n) is 10.6. The Bertz CT molecular complexity index is 1270. The smallest absolute Gasteiger partial charge is 0.260 e. The molecule has 0 aliphatic carbocycles. The number of nitriles is 1. The van der Waals surface area contributed by atoms with Crippen LogP contribution in [0.25, 0.3) is 11.0 Å². The van der Waals surface area contributed by atoms with Crippen molar-refractivity contribution in [1.29, 1.82) is 5.26 Å². The van der Waals surface area contributed by atoms with Gasteiger partial charge in [0.1, 0.15) is 16.8 Å². The number of fused-ring (bicyclic) bond motifs is 2. The maximum Gasteiger partial charge on any atom is 0.260 e. The van der Waals surface area contributed by atoms with Crippen molar-refractivity contribution in [3.05, 3.63) is 53.1 Å². The Morgan fingerprint density at radius 2 is 1.81 bits per heavy atom. The van der Waals surface area contributed by atoms with Crippen LogP contribution in [0, 0.1) is 30.1 Å². The van der Waals surface area contributed by atoms with Gasteiger partial charge in [0.15, 0.2) is 6.61 Å². The minimum absolute atomic E-state index is 0.00812. The predicted molar refractivity (Wildman–Crippen MR) is 135 cm³/mol. The number of carbonyl (C=O) groups excluding carboxylic acids is 2. The average Bonchev–Trinajstić information content (AvgIpc) is 3.56. The van der Waals surface area contributed by atoms with Crippen molar-refractivity contribution in [3.8, 4) is 11.8 Å². The summed E-state index contributed by atoms with van der Waals surface area (Å²) >= 11 is 0. The number of benzene rings is 2. The van der Waals surface area contributed by atoms with Crippen LogP contribution in [0.4, 0.5) is 0 Å². The number of aryl methyl sites for hydroxylation is 1. The van der Waals surface area contributed by atoms with Crippen LogP contribution in [0.1, 0.15) is 37.5 Å². The zero-order chi connectivity index (χ0) is 25.9. The first-order valence-electron chi connectivity index (χ1n) is 12.1. The van der Waals surface area contributed by atoms with Crippen LogP contribution in [-0.4, -0.2) is 70.3 Å². The summed E-state index contributed by atoms with van der Waals surface area (Å²) < 4.78 is 5.83. The first kappa shape index (κ1) is 25.2. The molecule has 1 aromatic heterocycles. The molecule has 2 aliphatic heterocycles. The molecule has 2 aliphatic rings. The fourth-order valence-corrected chi connectivity index (χ4v) is 4.81. The lowest BCUT2D eigenvalue weighted by Crippen LogP contribution is -2.36. The van der Waals surface area contributed by atoms with Crippen molar-refractivity contribution >= 4 is 23.4 Å². The third kappa shape index (κ3) is 5.65. The van der Waals surface area contributed by atoms with Crippen LogP contribution >= 0.6 is 0 Å². The quantitative estimate of drug-likeness (QED) is 0.565. The Labute approximate surface area is 211 Å². The highest BCUT2D eigenvalue weighted by Crippen LogP contribution is 2.33. The molecule has 1 N–H and O–H groups in total. The molecule has 3 heterocycles. The van der Waals surface area contributed by atoms with Gasteiger partial charge in [-0.15, -0.1) is 0 Å². The minimum Gasteiger partial charge on any atom is -0.483 e. The number of hydrogen-bond acceptors (Lipinski definition) is 6. The van der Waals surface area contributed by atoms with Gasteiger partial charge in [0, 0.05) is 43.6 Å². The van der Waals surface area contributed by atoms with Gasteiger partial charge in [0.05, 0.1) is 11.6 Å². The van der Waals surface area contributed by atoms with E-state index in [0.29, 0.717) is 36.2 Å². The summed E-state index contributed by atoms with van der Waals surface area (Å²) in [6, 6.07) is 13.4. The molecule has 188 valence electrons. The molecular formula is C27H32N6O3.